The molecule has 2 aliphatic rings. The molecule has 0 aromatic heterocycles. The smallest absolute Gasteiger partial charge is 0.319 e. The Morgan fingerprint density at radius 2 is 2.00 bits per heavy atom. The highest BCUT2D eigenvalue weighted by atomic mass is 16.7. The Morgan fingerprint density at radius 1 is 1.38 bits per heavy atom. The van der Waals surface area contributed by atoms with E-state index in [1.165, 1.54) is 0 Å². The minimum atomic E-state index is -0.419. The van der Waals surface area contributed by atoms with Crippen LogP contribution in [-0.2, 0) is 14.2 Å². The van der Waals surface area contributed by atoms with Gasteiger partial charge in [0.15, 0.2) is 5.79 Å². The molecule has 0 aromatic carbocycles. The van der Waals surface area contributed by atoms with E-state index < -0.39 is 5.79 Å². The number of piperidine rings is 1. The van der Waals surface area contributed by atoms with Crippen molar-refractivity contribution in [3.05, 3.63) is 0 Å². The summed E-state index contributed by atoms with van der Waals surface area (Å²) < 4.78 is 16.0. The van der Waals surface area contributed by atoms with E-state index in [2.05, 4.69) is 5.32 Å². The van der Waals surface area contributed by atoms with E-state index in [-0.39, 0.29) is 12.8 Å². The highest BCUT2D eigenvalue weighted by Gasteiger charge is 2.40. The summed E-state index contributed by atoms with van der Waals surface area (Å²) in [5.74, 6) is -0.419. The van der Waals surface area contributed by atoms with Crippen molar-refractivity contribution in [2.45, 2.75) is 18.6 Å². The number of hydrogen-bond acceptors (Lipinski definition) is 4. The Morgan fingerprint density at radius 3 is 2.56 bits per heavy atom. The van der Waals surface area contributed by atoms with Crippen LogP contribution in [0.1, 0.15) is 12.8 Å². The van der Waals surface area contributed by atoms with Crippen LogP contribution < -0.4 is 5.32 Å². The van der Waals surface area contributed by atoms with Crippen molar-refractivity contribution in [2.75, 3.05) is 40.1 Å². The van der Waals surface area contributed by atoms with E-state index in [9.17, 15) is 4.79 Å². The summed E-state index contributed by atoms with van der Waals surface area (Å²) in [7, 11) is 1.55. The van der Waals surface area contributed by atoms with Gasteiger partial charge in [0.2, 0.25) is 0 Å². The first-order chi connectivity index (χ1) is 7.76. The molecule has 2 amide bonds. The molecule has 1 N–H and O–H groups in total. The molecule has 0 radical (unpaired) electrons. The maximum atomic E-state index is 11.6. The topological polar surface area (TPSA) is 60.0 Å². The lowest BCUT2D eigenvalue weighted by atomic mass is 10.0. The second kappa shape index (κ2) is 4.99. The molecule has 6 nitrogen and oxygen atoms in total. The van der Waals surface area contributed by atoms with Crippen LogP contribution in [0, 0.1) is 0 Å². The summed E-state index contributed by atoms with van der Waals surface area (Å²) in [6, 6.07) is -0.0882. The number of likely N-dealkylation sites (tertiary alicyclic amines) is 1. The Kier molecular flexibility index (Phi) is 3.63. The number of nitrogens with one attached hydrogen (secondary N) is 1. The predicted molar refractivity (Wildman–Crippen MR) is 55.8 cm³/mol. The van der Waals surface area contributed by atoms with Crippen LogP contribution >= 0.6 is 0 Å². The maximum absolute atomic E-state index is 11.6. The molecule has 0 aromatic rings. The predicted octanol–water partition coefficient (Wildman–Crippen LogP) is 0.139. The van der Waals surface area contributed by atoms with Crippen LogP contribution in [-0.4, -0.2) is 56.9 Å². The van der Waals surface area contributed by atoms with Crippen LogP contribution in [0.25, 0.3) is 0 Å². The minimum absolute atomic E-state index is 0.0882. The molecule has 1 spiro atoms. The van der Waals surface area contributed by atoms with E-state index in [1.54, 1.807) is 12.0 Å². The van der Waals surface area contributed by atoms with Gasteiger partial charge in [-0.15, -0.1) is 0 Å². The number of methoxy groups -OCH3 is 1. The third-order valence-electron chi connectivity index (χ3n) is 2.99. The van der Waals surface area contributed by atoms with Crippen LogP contribution in [0.15, 0.2) is 0 Å². The summed E-state index contributed by atoms with van der Waals surface area (Å²) in [5, 5.41) is 2.66. The largest absolute Gasteiger partial charge is 0.364 e. The number of ether oxygens (including phenoxy) is 3. The molecular formula is C10H18N2O4. The second-order valence-corrected chi connectivity index (χ2v) is 4.01. The first kappa shape index (κ1) is 11.6. The van der Waals surface area contributed by atoms with Crippen LogP contribution in [0.3, 0.4) is 0 Å². The summed E-state index contributed by atoms with van der Waals surface area (Å²) in [6.45, 7) is 2.89. The van der Waals surface area contributed by atoms with E-state index in [4.69, 9.17) is 14.2 Å². The molecule has 2 heterocycles. The molecule has 2 rings (SSSR count). The van der Waals surface area contributed by atoms with E-state index in [0.29, 0.717) is 26.3 Å². The second-order valence-electron chi connectivity index (χ2n) is 4.01. The number of urea groups is 1. The van der Waals surface area contributed by atoms with Gasteiger partial charge in [-0.3, -0.25) is 0 Å². The van der Waals surface area contributed by atoms with Gasteiger partial charge in [-0.2, -0.15) is 0 Å². The Balaban J connectivity index is 1.78. The molecule has 2 aliphatic heterocycles. The molecule has 6 heteroatoms. The van der Waals surface area contributed by atoms with Gasteiger partial charge in [-0.1, -0.05) is 0 Å². The maximum Gasteiger partial charge on any atom is 0.319 e. The Labute approximate surface area is 94.8 Å². The monoisotopic (exact) mass is 230 g/mol. The fourth-order valence-corrected chi connectivity index (χ4v) is 2.08. The summed E-state index contributed by atoms with van der Waals surface area (Å²) in [6.07, 6.45) is 1.49. The van der Waals surface area contributed by atoms with Gasteiger partial charge in [0, 0.05) is 33.0 Å². The van der Waals surface area contributed by atoms with Crippen LogP contribution in [0.2, 0.25) is 0 Å². The van der Waals surface area contributed by atoms with Crippen LogP contribution in [0.5, 0.6) is 0 Å². The number of amides is 2. The number of rotatable bonds is 2. The zero-order valence-corrected chi connectivity index (χ0v) is 9.53. The lowest BCUT2D eigenvalue weighted by molar-refractivity contribution is -0.181. The molecule has 0 unspecified atom stereocenters. The molecule has 2 fully saturated rings. The molecule has 0 bridgehead atoms. The Bertz CT molecular complexity index is 243. The van der Waals surface area contributed by atoms with Crippen molar-refractivity contribution >= 4 is 6.03 Å². The van der Waals surface area contributed by atoms with Gasteiger partial charge in [-0.25, -0.2) is 4.79 Å². The molecule has 92 valence electrons. The fraction of sp³-hybridized carbons (Fsp3) is 0.900. The number of carbonyl (C=O) groups is 1. The van der Waals surface area contributed by atoms with Gasteiger partial charge < -0.3 is 24.4 Å². The standard InChI is InChI=1S/C10H18N2O4/c1-14-8-11-9(13)12-4-2-10(3-5-12)15-6-7-16-10/h2-8H2,1H3,(H,11,13). The molecule has 0 atom stereocenters. The van der Waals surface area contributed by atoms with Crippen molar-refractivity contribution in [2.24, 2.45) is 0 Å². The van der Waals surface area contributed by atoms with E-state index in [1.807, 2.05) is 0 Å². The van der Waals surface area contributed by atoms with Crippen molar-refractivity contribution in [1.82, 2.24) is 10.2 Å². The Hall–Kier alpha value is -0.850. The van der Waals surface area contributed by atoms with Crippen molar-refractivity contribution in [3.8, 4) is 0 Å². The zero-order valence-electron chi connectivity index (χ0n) is 9.53. The minimum Gasteiger partial charge on any atom is -0.364 e. The van der Waals surface area contributed by atoms with Gasteiger partial charge in [0.25, 0.3) is 0 Å². The summed E-state index contributed by atoms with van der Waals surface area (Å²) >= 11 is 0. The number of carbonyl (C=O) groups excluding carboxylic acids is 1. The van der Waals surface area contributed by atoms with Crippen molar-refractivity contribution in [3.63, 3.8) is 0 Å². The first-order valence-corrected chi connectivity index (χ1v) is 5.55. The third kappa shape index (κ3) is 2.45. The fourth-order valence-electron chi connectivity index (χ4n) is 2.08. The number of hydrogen-bond donors (Lipinski definition) is 1. The van der Waals surface area contributed by atoms with Gasteiger partial charge in [0.1, 0.15) is 6.73 Å². The molecule has 0 saturated carbocycles. The summed E-state index contributed by atoms with van der Waals surface area (Å²) in [5.41, 5.74) is 0. The first-order valence-electron chi connectivity index (χ1n) is 5.55. The van der Waals surface area contributed by atoms with Gasteiger partial charge >= 0.3 is 6.03 Å². The lowest BCUT2D eigenvalue weighted by Gasteiger charge is -2.37. The molecule has 0 aliphatic carbocycles. The van der Waals surface area contributed by atoms with E-state index in [0.717, 1.165) is 12.8 Å². The quantitative estimate of drug-likeness (QED) is 0.685. The summed E-state index contributed by atoms with van der Waals surface area (Å²) in [4.78, 5) is 13.4. The molecule has 2 saturated heterocycles. The molecule has 16 heavy (non-hydrogen) atoms. The van der Waals surface area contributed by atoms with Gasteiger partial charge in [-0.05, 0) is 0 Å². The van der Waals surface area contributed by atoms with E-state index >= 15 is 0 Å². The number of nitrogens with zero attached hydrogens (tertiary/aromatic N) is 1. The average Bonchev–Trinajstić information content (AvgIpc) is 2.75. The highest BCUT2D eigenvalue weighted by molar-refractivity contribution is 5.74. The van der Waals surface area contributed by atoms with Gasteiger partial charge in [0.05, 0.1) is 13.2 Å². The van der Waals surface area contributed by atoms with Crippen molar-refractivity contribution in [1.29, 1.82) is 0 Å². The normalized spacial score (nSPS) is 23.7. The zero-order chi connectivity index (χ0) is 11.4. The lowest BCUT2D eigenvalue weighted by Crippen LogP contribution is -2.50. The SMILES string of the molecule is COCNC(=O)N1CCC2(CC1)OCCO2. The van der Waals surface area contributed by atoms with Crippen LogP contribution in [0.4, 0.5) is 4.79 Å². The van der Waals surface area contributed by atoms with Crippen molar-refractivity contribution < 1.29 is 19.0 Å². The third-order valence-corrected chi connectivity index (χ3v) is 2.99. The highest BCUT2D eigenvalue weighted by Crippen LogP contribution is 2.31. The molecular weight excluding hydrogens is 212 g/mol. The average molecular weight is 230 g/mol.